The number of nitrogens with zero attached hydrogens (tertiary/aromatic N) is 8. The fraction of sp³-hybridized carbons (Fsp3) is 0.400. The lowest BCUT2D eigenvalue weighted by Crippen LogP contribution is -2.49. The number of anilines is 1. The highest BCUT2D eigenvalue weighted by molar-refractivity contribution is 6.00. The molecule has 13 heteroatoms. The van der Waals surface area contributed by atoms with E-state index in [4.69, 9.17) is 10.7 Å². The van der Waals surface area contributed by atoms with E-state index in [0.29, 0.717) is 54.2 Å². The quantitative estimate of drug-likeness (QED) is 0.297. The molecule has 38 heavy (non-hydrogen) atoms. The fourth-order valence-electron chi connectivity index (χ4n) is 4.83. The molecule has 0 saturated carbocycles. The number of rotatable bonds is 7. The van der Waals surface area contributed by atoms with E-state index in [9.17, 15) is 19.8 Å². The van der Waals surface area contributed by atoms with E-state index < -0.39 is 18.6 Å². The molecule has 0 aliphatic carbocycles. The van der Waals surface area contributed by atoms with Gasteiger partial charge >= 0.3 is 0 Å². The first-order chi connectivity index (χ1) is 18.3. The van der Waals surface area contributed by atoms with Crippen molar-refractivity contribution >= 4 is 23.2 Å². The number of nitrogens with two attached hydrogens (primary N) is 1. The van der Waals surface area contributed by atoms with Gasteiger partial charge in [-0.25, -0.2) is 14.6 Å². The second kappa shape index (κ2) is 9.91. The molecular formula is C25H29N9O4. The average Bonchev–Trinajstić information content (AvgIpc) is 3.63. The summed E-state index contributed by atoms with van der Waals surface area (Å²) in [7, 11) is 0. The molecule has 1 saturated heterocycles. The van der Waals surface area contributed by atoms with Gasteiger partial charge in [-0.05, 0) is 38.8 Å². The molecule has 0 radical (unpaired) electrons. The minimum atomic E-state index is -1.23. The first-order valence-electron chi connectivity index (χ1n) is 12.3. The van der Waals surface area contributed by atoms with E-state index in [1.165, 1.54) is 11.4 Å². The smallest absolute Gasteiger partial charge is 0.233 e. The van der Waals surface area contributed by atoms with Crippen molar-refractivity contribution in [2.75, 3.05) is 32.0 Å². The Morgan fingerprint density at radius 1 is 1.16 bits per heavy atom. The van der Waals surface area contributed by atoms with Crippen molar-refractivity contribution in [1.82, 2.24) is 39.5 Å². The highest BCUT2D eigenvalue weighted by Gasteiger charge is 2.38. The number of likely N-dealkylation sites (tertiary alicyclic amines) is 1. The van der Waals surface area contributed by atoms with Gasteiger partial charge in [-0.3, -0.25) is 9.59 Å². The summed E-state index contributed by atoms with van der Waals surface area (Å²) < 4.78 is 3.02. The number of aromatic nitrogens is 7. The summed E-state index contributed by atoms with van der Waals surface area (Å²) >= 11 is 0. The highest BCUT2D eigenvalue weighted by Crippen LogP contribution is 2.35. The first-order valence-corrected chi connectivity index (χ1v) is 12.3. The molecule has 0 bridgehead atoms. The van der Waals surface area contributed by atoms with Gasteiger partial charge in [0.1, 0.15) is 5.82 Å². The van der Waals surface area contributed by atoms with Crippen LogP contribution in [0.1, 0.15) is 48.7 Å². The number of pyridine rings is 1. The van der Waals surface area contributed by atoms with E-state index in [2.05, 4.69) is 20.4 Å². The third kappa shape index (κ3) is 4.29. The van der Waals surface area contributed by atoms with Gasteiger partial charge < -0.3 is 20.8 Å². The number of piperidine rings is 1. The number of fused-ring (bicyclic) bond motifs is 1. The van der Waals surface area contributed by atoms with Gasteiger partial charge in [-0.1, -0.05) is 5.21 Å². The zero-order chi connectivity index (χ0) is 27.0. The van der Waals surface area contributed by atoms with Gasteiger partial charge in [0, 0.05) is 36.3 Å². The molecule has 0 aromatic carbocycles. The van der Waals surface area contributed by atoms with Crippen LogP contribution in [0.25, 0.3) is 22.6 Å². The summed E-state index contributed by atoms with van der Waals surface area (Å²) in [6, 6.07) is 3.68. The molecule has 1 fully saturated rings. The Kier molecular flexibility index (Phi) is 6.63. The summed E-state index contributed by atoms with van der Waals surface area (Å²) in [5, 5.41) is 31.4. The lowest BCUT2D eigenvalue weighted by molar-refractivity contribution is -0.147. The number of hydrogen-bond acceptors (Lipinski definition) is 10. The van der Waals surface area contributed by atoms with Gasteiger partial charge in [0.25, 0.3) is 0 Å². The number of carbonyl (C=O) groups is 2. The van der Waals surface area contributed by atoms with Crippen LogP contribution in [0.4, 0.5) is 5.82 Å². The molecular weight excluding hydrogens is 490 g/mol. The van der Waals surface area contributed by atoms with E-state index in [1.54, 1.807) is 47.4 Å². The minimum Gasteiger partial charge on any atom is -0.395 e. The fourth-order valence-corrected chi connectivity index (χ4v) is 4.83. The van der Waals surface area contributed by atoms with Crippen molar-refractivity contribution in [3.8, 4) is 16.9 Å². The SMILES string of the molecule is CC(=O)c1c(C2CCN(C(=O)C(C)(CO)CO)CC2)nc2c(-c3ccc(-n4ccnn4)nc3)cnn2c1N. The molecule has 198 valence electrons. The average molecular weight is 520 g/mol. The molecule has 4 N–H and O–H groups in total. The Labute approximate surface area is 217 Å². The molecule has 4 aromatic rings. The van der Waals surface area contributed by atoms with Crippen LogP contribution in [0.5, 0.6) is 0 Å². The number of ketones is 1. The molecule has 0 spiro atoms. The lowest BCUT2D eigenvalue weighted by Gasteiger charge is -2.37. The van der Waals surface area contributed by atoms with Gasteiger partial charge in [0.15, 0.2) is 17.2 Å². The molecule has 0 atom stereocenters. The third-order valence-electron chi connectivity index (χ3n) is 7.16. The summed E-state index contributed by atoms with van der Waals surface area (Å²) in [5.74, 6) is 0.192. The Hall–Kier alpha value is -4.23. The zero-order valence-electron chi connectivity index (χ0n) is 21.2. The Bertz CT molecular complexity index is 1470. The van der Waals surface area contributed by atoms with Crippen LogP contribution >= 0.6 is 0 Å². The van der Waals surface area contributed by atoms with Gasteiger partial charge in [0.05, 0.1) is 48.5 Å². The first kappa shape index (κ1) is 25.4. The zero-order valence-corrected chi connectivity index (χ0v) is 21.2. The van der Waals surface area contributed by atoms with Crippen LogP contribution in [0.15, 0.2) is 36.9 Å². The maximum absolute atomic E-state index is 12.9. The number of nitrogen functional groups attached to an aromatic ring is 1. The predicted molar refractivity (Wildman–Crippen MR) is 136 cm³/mol. The normalized spacial score (nSPS) is 14.8. The largest absolute Gasteiger partial charge is 0.395 e. The number of hydrogen-bond donors (Lipinski definition) is 3. The monoisotopic (exact) mass is 519 g/mol. The van der Waals surface area contributed by atoms with Crippen molar-refractivity contribution < 1.29 is 19.8 Å². The highest BCUT2D eigenvalue weighted by atomic mass is 16.3. The van der Waals surface area contributed by atoms with Crippen molar-refractivity contribution in [1.29, 1.82) is 0 Å². The number of aliphatic hydroxyl groups excluding tert-OH is 2. The van der Waals surface area contributed by atoms with Gasteiger partial charge in [-0.2, -0.15) is 9.61 Å². The standard InChI is InChI=1S/C25H29N9O4/c1-15(37)20-21(16-5-8-32(9-6-16)24(38)25(2,13-35)14-36)30-23-18(12-29-34(23)22(20)26)17-3-4-19(27-11-17)33-10-7-28-31-33/h3-4,7,10-12,16,35-36H,5-6,8-9,13-14,26H2,1-2H3. The summed E-state index contributed by atoms with van der Waals surface area (Å²) in [5.41, 5.74) is 8.11. The maximum atomic E-state index is 12.9. The predicted octanol–water partition coefficient (Wildman–Crippen LogP) is 0.854. The summed E-state index contributed by atoms with van der Waals surface area (Å²) in [6.45, 7) is 2.92. The van der Waals surface area contributed by atoms with Crippen LogP contribution in [0.2, 0.25) is 0 Å². The van der Waals surface area contributed by atoms with E-state index in [1.807, 2.05) is 6.07 Å². The Morgan fingerprint density at radius 2 is 1.89 bits per heavy atom. The third-order valence-corrected chi connectivity index (χ3v) is 7.16. The van der Waals surface area contributed by atoms with Crippen LogP contribution in [-0.4, -0.2) is 87.7 Å². The van der Waals surface area contributed by atoms with Crippen LogP contribution in [-0.2, 0) is 4.79 Å². The Balaban J connectivity index is 1.48. The van der Waals surface area contributed by atoms with Gasteiger partial charge in [0.2, 0.25) is 5.91 Å². The van der Waals surface area contributed by atoms with Crippen LogP contribution in [0, 0.1) is 5.41 Å². The van der Waals surface area contributed by atoms with Crippen molar-refractivity contribution in [3.63, 3.8) is 0 Å². The molecule has 1 amide bonds. The molecule has 1 aliphatic heterocycles. The number of Topliss-reactive ketones (excluding diaryl/α,β-unsaturated/α-hetero) is 1. The molecule has 0 unspecified atom stereocenters. The number of carbonyl (C=O) groups excluding carboxylic acids is 2. The lowest BCUT2D eigenvalue weighted by atomic mass is 9.86. The molecule has 4 aromatic heterocycles. The molecule has 5 heterocycles. The summed E-state index contributed by atoms with van der Waals surface area (Å²) in [4.78, 5) is 36.6. The minimum absolute atomic E-state index is 0.115. The molecule has 13 nitrogen and oxygen atoms in total. The van der Waals surface area contributed by atoms with Gasteiger partial charge in [-0.15, -0.1) is 5.10 Å². The summed E-state index contributed by atoms with van der Waals surface area (Å²) in [6.07, 6.45) is 7.71. The van der Waals surface area contributed by atoms with E-state index in [-0.39, 0.29) is 23.4 Å². The maximum Gasteiger partial charge on any atom is 0.233 e. The number of aliphatic hydroxyl groups is 2. The van der Waals surface area contributed by atoms with E-state index >= 15 is 0 Å². The van der Waals surface area contributed by atoms with Crippen molar-refractivity contribution in [3.05, 3.63) is 48.2 Å². The molecule has 5 rings (SSSR count). The Morgan fingerprint density at radius 3 is 2.47 bits per heavy atom. The molecule has 1 aliphatic rings. The van der Waals surface area contributed by atoms with Crippen molar-refractivity contribution in [2.24, 2.45) is 5.41 Å². The second-order valence-electron chi connectivity index (χ2n) is 9.80. The number of amides is 1. The van der Waals surface area contributed by atoms with E-state index in [0.717, 1.165) is 5.56 Å². The van der Waals surface area contributed by atoms with Crippen LogP contribution in [0.3, 0.4) is 0 Å². The van der Waals surface area contributed by atoms with Crippen LogP contribution < -0.4 is 5.73 Å². The second-order valence-corrected chi connectivity index (χ2v) is 9.80. The van der Waals surface area contributed by atoms with Crippen molar-refractivity contribution in [2.45, 2.75) is 32.6 Å². The topological polar surface area (TPSA) is 178 Å².